The maximum absolute atomic E-state index is 9.75. The molecule has 1 atom stereocenters. The summed E-state index contributed by atoms with van der Waals surface area (Å²) in [6.07, 6.45) is 8.65. The minimum absolute atomic E-state index is 0.295. The van der Waals surface area contributed by atoms with Crippen LogP contribution in [0.1, 0.15) is 68.2 Å². The summed E-state index contributed by atoms with van der Waals surface area (Å²) in [5.41, 5.74) is 2.28. The second-order valence-corrected chi connectivity index (χ2v) is 11.1. The quantitative estimate of drug-likeness (QED) is 0.457. The zero-order valence-corrected chi connectivity index (χ0v) is 19.8. The highest BCUT2D eigenvalue weighted by molar-refractivity contribution is 9.10. The summed E-state index contributed by atoms with van der Waals surface area (Å²) < 4.78 is 7.04. The fourth-order valence-corrected chi connectivity index (χ4v) is 6.17. The number of hydrogen-bond acceptors (Lipinski definition) is 5. The van der Waals surface area contributed by atoms with Crippen molar-refractivity contribution in [3.05, 3.63) is 32.3 Å². The number of thiophene rings is 1. The van der Waals surface area contributed by atoms with E-state index in [2.05, 4.69) is 52.7 Å². The van der Waals surface area contributed by atoms with E-state index in [1.54, 1.807) is 17.6 Å². The lowest BCUT2D eigenvalue weighted by molar-refractivity contribution is 0.218. The van der Waals surface area contributed by atoms with Crippen LogP contribution in [0.4, 0.5) is 10.9 Å². The molecular formula is C23H28BrN3OS. The summed E-state index contributed by atoms with van der Waals surface area (Å²) in [5, 5.41) is 10.6. The zero-order valence-electron chi connectivity index (χ0n) is 17.4. The Balaban J connectivity index is 1.57. The molecule has 1 aliphatic carbocycles. The summed E-state index contributed by atoms with van der Waals surface area (Å²) in [4.78, 5) is 8.31. The molecule has 0 spiro atoms. The summed E-state index contributed by atoms with van der Waals surface area (Å²) >= 11 is 5.31. The lowest BCUT2D eigenvalue weighted by Crippen LogP contribution is -2.29. The number of rotatable bonds is 3. The van der Waals surface area contributed by atoms with Gasteiger partial charge in [0.05, 0.1) is 16.3 Å². The van der Waals surface area contributed by atoms with Gasteiger partial charge in [-0.15, -0.1) is 11.3 Å². The molecule has 1 aliphatic heterocycles. The van der Waals surface area contributed by atoms with Gasteiger partial charge in [0.25, 0.3) is 0 Å². The Hall–Kier alpha value is -1.58. The molecule has 0 radical (unpaired) electrons. The van der Waals surface area contributed by atoms with E-state index in [0.717, 1.165) is 59.0 Å². The molecule has 154 valence electrons. The molecule has 3 heterocycles. The van der Waals surface area contributed by atoms with Crippen molar-refractivity contribution >= 4 is 44.4 Å². The van der Waals surface area contributed by atoms with Crippen molar-refractivity contribution in [3.63, 3.8) is 0 Å². The van der Waals surface area contributed by atoms with E-state index < -0.39 is 0 Å². The molecule has 0 aromatic carbocycles. The molecule has 1 fully saturated rings. The van der Waals surface area contributed by atoms with E-state index in [9.17, 15) is 5.26 Å². The molecule has 2 aliphatic rings. The topological polar surface area (TPSA) is 52.5 Å². The molecule has 2 aromatic heterocycles. The third-order valence-electron chi connectivity index (χ3n) is 6.22. The fourth-order valence-electron chi connectivity index (χ4n) is 4.39. The molecular weight excluding hydrogens is 446 g/mol. The van der Waals surface area contributed by atoms with Gasteiger partial charge in [-0.3, -0.25) is 0 Å². The predicted octanol–water partition coefficient (Wildman–Crippen LogP) is 6.87. The fraction of sp³-hybridized carbons (Fsp3) is 0.565. The second kappa shape index (κ2) is 8.28. The van der Waals surface area contributed by atoms with E-state index >= 15 is 0 Å². The first-order valence-corrected chi connectivity index (χ1v) is 12.1. The minimum atomic E-state index is 0.295. The summed E-state index contributed by atoms with van der Waals surface area (Å²) in [7, 11) is 0. The van der Waals surface area contributed by atoms with Gasteiger partial charge in [-0.1, -0.05) is 20.8 Å². The van der Waals surface area contributed by atoms with Gasteiger partial charge in [-0.05, 0) is 71.4 Å². The van der Waals surface area contributed by atoms with Crippen molar-refractivity contribution in [1.29, 1.82) is 5.26 Å². The first-order valence-electron chi connectivity index (χ1n) is 10.5. The van der Waals surface area contributed by atoms with Gasteiger partial charge < -0.3 is 9.32 Å². The number of nitriles is 1. The molecule has 0 saturated carbocycles. The Morgan fingerprint density at radius 3 is 2.76 bits per heavy atom. The van der Waals surface area contributed by atoms with Crippen molar-refractivity contribution in [3.8, 4) is 6.07 Å². The molecule has 0 N–H and O–H groups in total. The van der Waals surface area contributed by atoms with Crippen LogP contribution in [0.5, 0.6) is 0 Å². The first kappa shape index (κ1) is 20.7. The number of furan rings is 1. The number of halogens is 1. The Morgan fingerprint density at radius 2 is 2.07 bits per heavy atom. The molecule has 4 rings (SSSR count). The molecule has 0 bridgehead atoms. The molecule has 0 unspecified atom stereocenters. The number of nitrogens with zero attached hydrogens (tertiary/aromatic N) is 3. The number of fused-ring (bicyclic) bond motifs is 1. The Morgan fingerprint density at radius 1 is 1.31 bits per heavy atom. The number of aliphatic imine (C=N–C) groups is 1. The van der Waals surface area contributed by atoms with Crippen LogP contribution in [0.3, 0.4) is 0 Å². The summed E-state index contributed by atoms with van der Waals surface area (Å²) in [5.74, 6) is 2.27. The zero-order chi connectivity index (χ0) is 20.6. The van der Waals surface area contributed by atoms with Gasteiger partial charge in [-0.25, -0.2) is 4.99 Å². The first-order chi connectivity index (χ1) is 13.9. The van der Waals surface area contributed by atoms with Crippen LogP contribution in [0.2, 0.25) is 0 Å². The highest BCUT2D eigenvalue weighted by Gasteiger charge is 2.32. The van der Waals surface area contributed by atoms with Crippen molar-refractivity contribution in [2.45, 2.75) is 59.3 Å². The molecule has 0 amide bonds. The van der Waals surface area contributed by atoms with Gasteiger partial charge >= 0.3 is 0 Å². The van der Waals surface area contributed by atoms with Crippen LogP contribution in [-0.4, -0.2) is 19.3 Å². The van der Waals surface area contributed by atoms with Crippen LogP contribution in [0, 0.1) is 22.7 Å². The largest absolute Gasteiger partial charge is 0.438 e. The van der Waals surface area contributed by atoms with Gasteiger partial charge in [-0.2, -0.15) is 5.26 Å². The third-order valence-corrected chi connectivity index (χ3v) is 7.95. The van der Waals surface area contributed by atoms with Crippen LogP contribution in [-0.2, 0) is 12.8 Å². The average molecular weight is 474 g/mol. The van der Waals surface area contributed by atoms with E-state index in [0.29, 0.717) is 11.3 Å². The van der Waals surface area contributed by atoms with E-state index in [1.165, 1.54) is 29.7 Å². The minimum Gasteiger partial charge on any atom is -0.438 e. The van der Waals surface area contributed by atoms with Crippen LogP contribution in [0.15, 0.2) is 19.9 Å². The van der Waals surface area contributed by atoms with Crippen LogP contribution in [0.25, 0.3) is 0 Å². The van der Waals surface area contributed by atoms with Gasteiger partial charge in [0, 0.05) is 24.0 Å². The van der Waals surface area contributed by atoms with Crippen molar-refractivity contribution in [2.75, 3.05) is 18.0 Å². The lowest BCUT2D eigenvalue weighted by atomic mass is 9.72. The summed E-state index contributed by atoms with van der Waals surface area (Å²) in [6, 6.07) is 4.39. The normalized spacial score (nSPS) is 20.1. The SMILES string of the molecule is CC(C)(C)[C@H]1CCc2c(sc(N=Cc3cc(Br)c(N4CCCCC4)o3)c2C#N)C1. The van der Waals surface area contributed by atoms with Crippen LogP contribution >= 0.6 is 27.3 Å². The molecule has 6 heteroatoms. The van der Waals surface area contributed by atoms with Crippen molar-refractivity contribution < 1.29 is 4.42 Å². The average Bonchev–Trinajstić information content (AvgIpc) is 3.25. The Kier molecular flexibility index (Phi) is 5.90. The number of anilines is 1. The maximum atomic E-state index is 9.75. The highest BCUT2D eigenvalue weighted by atomic mass is 79.9. The monoisotopic (exact) mass is 473 g/mol. The molecule has 4 nitrogen and oxygen atoms in total. The predicted molar refractivity (Wildman–Crippen MR) is 124 cm³/mol. The van der Waals surface area contributed by atoms with E-state index in [-0.39, 0.29) is 0 Å². The van der Waals surface area contributed by atoms with E-state index in [1.807, 2.05) is 6.07 Å². The Labute approximate surface area is 185 Å². The standard InChI is InChI=1S/C23H28BrN3OS/c1-23(2,3)15-7-8-17-18(13-25)21(29-20(17)11-15)26-14-16-12-19(24)22(28-16)27-9-5-4-6-10-27/h12,14-15H,4-11H2,1-3H3/t15-/m0/s1. The lowest BCUT2D eigenvalue weighted by Gasteiger charge is -2.33. The smallest absolute Gasteiger partial charge is 0.210 e. The van der Waals surface area contributed by atoms with Gasteiger partial charge in [0.15, 0.2) is 0 Å². The van der Waals surface area contributed by atoms with Crippen molar-refractivity contribution in [2.24, 2.45) is 16.3 Å². The van der Waals surface area contributed by atoms with Crippen molar-refractivity contribution in [1.82, 2.24) is 0 Å². The summed E-state index contributed by atoms with van der Waals surface area (Å²) in [6.45, 7) is 9.02. The molecule has 1 saturated heterocycles. The van der Waals surface area contributed by atoms with E-state index in [4.69, 9.17) is 4.42 Å². The second-order valence-electron chi connectivity index (χ2n) is 9.21. The molecule has 2 aromatic rings. The highest BCUT2D eigenvalue weighted by Crippen LogP contribution is 2.45. The maximum Gasteiger partial charge on any atom is 0.210 e. The third kappa shape index (κ3) is 4.32. The Bertz CT molecular complexity index is 954. The number of hydrogen-bond donors (Lipinski definition) is 0. The van der Waals surface area contributed by atoms with Crippen LogP contribution < -0.4 is 4.90 Å². The van der Waals surface area contributed by atoms with Gasteiger partial charge in [0.2, 0.25) is 5.88 Å². The molecule has 29 heavy (non-hydrogen) atoms. The van der Waals surface area contributed by atoms with Gasteiger partial charge in [0.1, 0.15) is 16.8 Å². The number of piperidine rings is 1.